The molecule has 0 aliphatic carbocycles. The van der Waals surface area contributed by atoms with Crippen molar-refractivity contribution in [2.75, 3.05) is 0 Å². The number of hydrogen-bond donors (Lipinski definition) is 0. The molecule has 0 aromatic heterocycles. The third-order valence-corrected chi connectivity index (χ3v) is 3.71. The number of halogens is 7. The molecule has 0 saturated heterocycles. The van der Waals surface area contributed by atoms with Gasteiger partial charge in [0.2, 0.25) is 0 Å². The molecule has 0 radical (unpaired) electrons. The van der Waals surface area contributed by atoms with Crippen LogP contribution in [0.1, 0.15) is 15.9 Å². The first-order chi connectivity index (χ1) is 10.6. The molecule has 0 unspecified atom stereocenters. The molecule has 0 N–H and O–H groups in total. The molecule has 0 heterocycles. The van der Waals surface area contributed by atoms with Crippen LogP contribution in [0.4, 0.5) is 17.6 Å². The van der Waals surface area contributed by atoms with Crippen LogP contribution in [0.25, 0.3) is 0 Å². The van der Waals surface area contributed by atoms with E-state index in [1.54, 1.807) is 0 Å². The van der Waals surface area contributed by atoms with E-state index in [9.17, 15) is 22.4 Å². The summed E-state index contributed by atoms with van der Waals surface area (Å²) in [7, 11) is 0. The second-order valence-corrected chi connectivity index (χ2v) is 5.50. The second-order valence-electron chi connectivity index (χ2n) is 4.28. The molecule has 0 atom stereocenters. The van der Waals surface area contributed by atoms with Gasteiger partial charge in [-0.3, -0.25) is 0 Å². The van der Waals surface area contributed by atoms with Crippen LogP contribution < -0.4 is 4.74 Å². The zero-order valence-corrected chi connectivity index (χ0v) is 13.1. The monoisotopic (exact) mass is 386 g/mol. The molecule has 0 bridgehead atoms. The average Bonchev–Trinajstić information content (AvgIpc) is 2.43. The largest absolute Gasteiger partial charge is 0.421 e. The maximum Gasteiger partial charge on any atom is 0.419 e. The van der Waals surface area contributed by atoms with Gasteiger partial charge in [-0.15, -0.1) is 0 Å². The van der Waals surface area contributed by atoms with Gasteiger partial charge < -0.3 is 4.74 Å². The fraction of sp³-hybridized carbons (Fsp3) is 0.0714. The third kappa shape index (κ3) is 4.07. The molecular formula is C14H5Cl3F4O2. The van der Waals surface area contributed by atoms with Crippen molar-refractivity contribution < 1.29 is 27.1 Å². The van der Waals surface area contributed by atoms with Crippen LogP contribution in [-0.4, -0.2) is 5.97 Å². The lowest BCUT2D eigenvalue weighted by Crippen LogP contribution is -2.12. The van der Waals surface area contributed by atoms with E-state index in [0.29, 0.717) is 12.1 Å². The van der Waals surface area contributed by atoms with Crippen LogP contribution >= 0.6 is 34.8 Å². The molecule has 2 rings (SSSR count). The smallest absolute Gasteiger partial charge is 0.419 e. The predicted molar refractivity (Wildman–Crippen MR) is 77.8 cm³/mol. The lowest BCUT2D eigenvalue weighted by atomic mass is 10.1. The maximum absolute atomic E-state index is 13.4. The number of rotatable bonds is 2. The molecule has 2 aromatic carbocycles. The zero-order valence-electron chi connectivity index (χ0n) is 10.8. The van der Waals surface area contributed by atoms with E-state index in [4.69, 9.17) is 39.5 Å². The van der Waals surface area contributed by atoms with Crippen LogP contribution in [0.2, 0.25) is 15.1 Å². The third-order valence-electron chi connectivity index (χ3n) is 2.69. The van der Waals surface area contributed by atoms with E-state index in [2.05, 4.69) is 0 Å². The van der Waals surface area contributed by atoms with Gasteiger partial charge in [-0.1, -0.05) is 34.8 Å². The summed E-state index contributed by atoms with van der Waals surface area (Å²) in [5.41, 5.74) is -1.90. The lowest BCUT2D eigenvalue weighted by molar-refractivity contribution is -0.140. The van der Waals surface area contributed by atoms with Gasteiger partial charge in [-0.2, -0.15) is 13.2 Å². The van der Waals surface area contributed by atoms with Gasteiger partial charge in [0.25, 0.3) is 0 Å². The van der Waals surface area contributed by atoms with Crippen LogP contribution in [0, 0.1) is 5.82 Å². The van der Waals surface area contributed by atoms with Crippen LogP contribution in [-0.2, 0) is 6.18 Å². The first kappa shape index (κ1) is 17.8. The van der Waals surface area contributed by atoms with Crippen molar-refractivity contribution in [3.05, 3.63) is 62.3 Å². The minimum Gasteiger partial charge on any atom is -0.421 e. The molecule has 0 amide bonds. The van der Waals surface area contributed by atoms with Crippen molar-refractivity contribution in [3.8, 4) is 5.75 Å². The topological polar surface area (TPSA) is 26.3 Å². The molecule has 0 fully saturated rings. The quantitative estimate of drug-likeness (QED) is 0.272. The number of esters is 1. The predicted octanol–water partition coefficient (Wildman–Crippen LogP) is 6.02. The Bertz CT molecular complexity index is 775. The second kappa shape index (κ2) is 6.55. The minimum atomic E-state index is -4.86. The Morgan fingerprint density at radius 1 is 0.957 bits per heavy atom. The molecule has 0 spiro atoms. The minimum absolute atomic E-state index is 0.0415. The van der Waals surface area contributed by atoms with Gasteiger partial charge >= 0.3 is 12.1 Å². The summed E-state index contributed by atoms with van der Waals surface area (Å²) in [6, 6.07) is 4.05. The summed E-state index contributed by atoms with van der Waals surface area (Å²) < 4.78 is 55.7. The van der Waals surface area contributed by atoms with Crippen molar-refractivity contribution in [2.45, 2.75) is 6.18 Å². The van der Waals surface area contributed by atoms with Gasteiger partial charge in [0.1, 0.15) is 5.82 Å². The van der Waals surface area contributed by atoms with Crippen molar-refractivity contribution >= 4 is 40.8 Å². The number of ether oxygens (including phenoxy) is 1. The van der Waals surface area contributed by atoms with Crippen molar-refractivity contribution in [1.82, 2.24) is 0 Å². The number of carbonyl (C=O) groups excluding carboxylic acids is 1. The van der Waals surface area contributed by atoms with E-state index in [1.165, 1.54) is 6.07 Å². The van der Waals surface area contributed by atoms with Gasteiger partial charge in [0, 0.05) is 6.07 Å². The maximum atomic E-state index is 13.4. The highest BCUT2D eigenvalue weighted by molar-refractivity contribution is 6.43. The van der Waals surface area contributed by atoms with Crippen LogP contribution in [0.15, 0.2) is 30.3 Å². The molecule has 23 heavy (non-hydrogen) atoms. The normalized spacial score (nSPS) is 11.4. The Labute approximate surface area is 142 Å². The Morgan fingerprint density at radius 3 is 2.13 bits per heavy atom. The Morgan fingerprint density at radius 2 is 1.57 bits per heavy atom. The van der Waals surface area contributed by atoms with Crippen molar-refractivity contribution in [3.63, 3.8) is 0 Å². The van der Waals surface area contributed by atoms with Gasteiger partial charge in [0.15, 0.2) is 5.75 Å². The Balaban J connectivity index is 2.29. The fourth-order valence-corrected chi connectivity index (χ4v) is 2.19. The molecular weight excluding hydrogens is 383 g/mol. The summed E-state index contributed by atoms with van der Waals surface area (Å²) in [6.07, 6.45) is -4.86. The van der Waals surface area contributed by atoms with E-state index in [-0.39, 0.29) is 20.8 Å². The number of alkyl halides is 3. The van der Waals surface area contributed by atoms with Crippen molar-refractivity contribution in [1.29, 1.82) is 0 Å². The van der Waals surface area contributed by atoms with E-state index in [1.807, 2.05) is 0 Å². The molecule has 9 heteroatoms. The number of benzene rings is 2. The highest BCUT2D eigenvalue weighted by Gasteiger charge is 2.34. The molecule has 122 valence electrons. The first-order valence-electron chi connectivity index (χ1n) is 5.83. The molecule has 0 saturated carbocycles. The zero-order chi connectivity index (χ0) is 17.4. The molecule has 0 aliphatic heterocycles. The Hall–Kier alpha value is -1.50. The van der Waals surface area contributed by atoms with Crippen LogP contribution in [0.3, 0.4) is 0 Å². The molecule has 2 nitrogen and oxygen atoms in total. The van der Waals surface area contributed by atoms with Crippen molar-refractivity contribution in [2.24, 2.45) is 0 Å². The highest BCUT2D eigenvalue weighted by atomic mass is 35.5. The fourth-order valence-electron chi connectivity index (χ4n) is 1.61. The van der Waals surface area contributed by atoms with Crippen LogP contribution in [0.5, 0.6) is 5.75 Å². The molecule has 0 aliphatic rings. The van der Waals surface area contributed by atoms with E-state index >= 15 is 0 Å². The molecule has 2 aromatic rings. The average molecular weight is 388 g/mol. The van der Waals surface area contributed by atoms with E-state index < -0.39 is 29.1 Å². The summed E-state index contributed by atoms with van der Waals surface area (Å²) in [4.78, 5) is 11.9. The van der Waals surface area contributed by atoms with Gasteiger partial charge in [0.05, 0.1) is 26.2 Å². The van der Waals surface area contributed by atoms with E-state index in [0.717, 1.165) is 12.1 Å². The first-order valence-corrected chi connectivity index (χ1v) is 6.96. The summed E-state index contributed by atoms with van der Waals surface area (Å²) in [6.45, 7) is 0. The van der Waals surface area contributed by atoms with Gasteiger partial charge in [-0.05, 0) is 24.3 Å². The Kier molecular flexibility index (Phi) is 5.08. The lowest BCUT2D eigenvalue weighted by Gasteiger charge is -2.10. The highest BCUT2D eigenvalue weighted by Crippen LogP contribution is 2.35. The summed E-state index contributed by atoms with van der Waals surface area (Å²) in [5.74, 6) is -2.85. The SMILES string of the molecule is O=C(Oc1cc(Cl)c(Cl)cc1Cl)c1ccc(C(F)(F)F)c(F)c1. The summed E-state index contributed by atoms with van der Waals surface area (Å²) in [5, 5.41) is 0.134. The number of hydrogen-bond acceptors (Lipinski definition) is 2. The number of carbonyl (C=O) groups is 1. The standard InChI is InChI=1S/C14H5Cl3F4O2/c15-8-4-10(17)12(5-9(8)16)23-13(22)6-1-2-7(11(18)3-6)14(19,20)21/h1-5H. The van der Waals surface area contributed by atoms with Gasteiger partial charge in [-0.25, -0.2) is 9.18 Å². The summed E-state index contributed by atoms with van der Waals surface area (Å²) >= 11 is 17.3.